The highest BCUT2D eigenvalue weighted by Crippen LogP contribution is 2.29. The summed E-state index contributed by atoms with van der Waals surface area (Å²) in [5.41, 5.74) is 3.55. The summed E-state index contributed by atoms with van der Waals surface area (Å²) in [5, 5.41) is 0. The first kappa shape index (κ1) is 10.8. The van der Waals surface area contributed by atoms with Crippen LogP contribution in [0.3, 0.4) is 0 Å². The van der Waals surface area contributed by atoms with E-state index in [1.807, 2.05) is 12.3 Å². The third kappa shape index (κ3) is 2.47. The molecule has 0 saturated carbocycles. The zero-order chi connectivity index (χ0) is 10.8. The van der Waals surface area contributed by atoms with Gasteiger partial charge in [-0.2, -0.15) is 0 Å². The van der Waals surface area contributed by atoms with Crippen molar-refractivity contribution in [2.75, 3.05) is 0 Å². The van der Waals surface area contributed by atoms with Crippen LogP contribution in [0.15, 0.2) is 45.6 Å². The van der Waals surface area contributed by atoms with Crippen LogP contribution in [0.4, 0.5) is 0 Å². The molecule has 0 spiro atoms. The van der Waals surface area contributed by atoms with E-state index < -0.39 is 0 Å². The SMILES string of the molecule is Cc1cccc(-c2cnc(Br)cc2Br)c1. The van der Waals surface area contributed by atoms with Crippen molar-refractivity contribution < 1.29 is 0 Å². The van der Waals surface area contributed by atoms with Gasteiger partial charge in [0.1, 0.15) is 4.60 Å². The Balaban J connectivity index is 2.54. The molecule has 0 aliphatic heterocycles. The maximum Gasteiger partial charge on any atom is 0.107 e. The van der Waals surface area contributed by atoms with Crippen molar-refractivity contribution in [2.45, 2.75) is 6.92 Å². The molecule has 76 valence electrons. The Morgan fingerprint density at radius 2 is 1.93 bits per heavy atom. The molecule has 3 heteroatoms. The molecule has 1 nitrogen and oxygen atoms in total. The fourth-order valence-corrected chi connectivity index (χ4v) is 2.62. The van der Waals surface area contributed by atoms with E-state index in [-0.39, 0.29) is 0 Å². The Morgan fingerprint density at radius 1 is 1.13 bits per heavy atom. The molecule has 0 unspecified atom stereocenters. The lowest BCUT2D eigenvalue weighted by Crippen LogP contribution is -1.84. The lowest BCUT2D eigenvalue weighted by atomic mass is 10.1. The molecule has 0 aliphatic rings. The molecular weight excluding hydrogens is 318 g/mol. The smallest absolute Gasteiger partial charge is 0.107 e. The van der Waals surface area contributed by atoms with Crippen molar-refractivity contribution in [3.05, 3.63) is 51.2 Å². The molecule has 0 amide bonds. The summed E-state index contributed by atoms with van der Waals surface area (Å²) >= 11 is 6.88. The summed E-state index contributed by atoms with van der Waals surface area (Å²) in [4.78, 5) is 4.23. The topological polar surface area (TPSA) is 12.9 Å². The molecular formula is C12H9Br2N. The Kier molecular flexibility index (Phi) is 3.22. The van der Waals surface area contributed by atoms with Gasteiger partial charge in [-0.15, -0.1) is 0 Å². The van der Waals surface area contributed by atoms with E-state index in [4.69, 9.17) is 0 Å². The van der Waals surface area contributed by atoms with Gasteiger partial charge in [-0.3, -0.25) is 0 Å². The monoisotopic (exact) mass is 325 g/mol. The normalized spacial score (nSPS) is 10.3. The molecule has 1 aromatic heterocycles. The molecule has 0 fully saturated rings. The van der Waals surface area contributed by atoms with E-state index in [2.05, 4.69) is 68.0 Å². The number of hydrogen-bond acceptors (Lipinski definition) is 1. The summed E-state index contributed by atoms with van der Waals surface area (Å²) in [6.07, 6.45) is 1.86. The Labute approximate surface area is 106 Å². The zero-order valence-corrected chi connectivity index (χ0v) is 11.3. The summed E-state index contributed by atoms with van der Waals surface area (Å²) in [7, 11) is 0. The minimum Gasteiger partial charge on any atom is -0.249 e. The lowest BCUT2D eigenvalue weighted by Gasteiger charge is -2.05. The van der Waals surface area contributed by atoms with E-state index in [0.717, 1.165) is 14.6 Å². The summed E-state index contributed by atoms with van der Waals surface area (Å²) in [6, 6.07) is 10.3. The van der Waals surface area contributed by atoms with Crippen molar-refractivity contribution in [1.82, 2.24) is 4.98 Å². The van der Waals surface area contributed by atoms with Crippen molar-refractivity contribution in [2.24, 2.45) is 0 Å². The molecule has 2 aromatic rings. The fraction of sp³-hybridized carbons (Fsp3) is 0.0833. The first-order valence-corrected chi connectivity index (χ1v) is 6.13. The van der Waals surface area contributed by atoms with Crippen molar-refractivity contribution in [1.29, 1.82) is 0 Å². The quantitative estimate of drug-likeness (QED) is 0.699. The Morgan fingerprint density at radius 3 is 2.60 bits per heavy atom. The first-order chi connectivity index (χ1) is 7.16. The molecule has 15 heavy (non-hydrogen) atoms. The second-order valence-corrected chi connectivity index (χ2v) is 5.02. The maximum atomic E-state index is 4.23. The van der Waals surface area contributed by atoms with E-state index in [0.29, 0.717) is 0 Å². The minimum atomic E-state index is 0.839. The highest BCUT2D eigenvalue weighted by atomic mass is 79.9. The van der Waals surface area contributed by atoms with Crippen LogP contribution in [-0.4, -0.2) is 4.98 Å². The third-order valence-corrected chi connectivity index (χ3v) is 3.24. The maximum absolute atomic E-state index is 4.23. The molecule has 1 heterocycles. The second kappa shape index (κ2) is 4.45. The predicted octanol–water partition coefficient (Wildman–Crippen LogP) is 4.58. The highest BCUT2D eigenvalue weighted by Gasteiger charge is 2.04. The second-order valence-electron chi connectivity index (χ2n) is 3.36. The van der Waals surface area contributed by atoms with Gasteiger partial charge in [0, 0.05) is 16.2 Å². The van der Waals surface area contributed by atoms with Gasteiger partial charge in [-0.05, 0) is 34.5 Å². The van der Waals surface area contributed by atoms with Gasteiger partial charge in [0.2, 0.25) is 0 Å². The Hall–Kier alpha value is -0.670. The fourth-order valence-electron chi connectivity index (χ4n) is 1.43. The average molecular weight is 327 g/mol. The van der Waals surface area contributed by atoms with Crippen molar-refractivity contribution >= 4 is 31.9 Å². The largest absolute Gasteiger partial charge is 0.249 e. The highest BCUT2D eigenvalue weighted by molar-refractivity contribution is 9.11. The summed E-state index contributed by atoms with van der Waals surface area (Å²) in [5.74, 6) is 0. The third-order valence-electron chi connectivity index (χ3n) is 2.15. The minimum absolute atomic E-state index is 0.839. The van der Waals surface area contributed by atoms with Crippen LogP contribution < -0.4 is 0 Å². The molecule has 2 rings (SSSR count). The van der Waals surface area contributed by atoms with Crippen LogP contribution in [-0.2, 0) is 0 Å². The van der Waals surface area contributed by atoms with Gasteiger partial charge in [0.15, 0.2) is 0 Å². The van der Waals surface area contributed by atoms with E-state index in [9.17, 15) is 0 Å². The molecule has 0 radical (unpaired) electrons. The number of rotatable bonds is 1. The standard InChI is InChI=1S/C12H9Br2N/c1-8-3-2-4-9(5-8)10-7-15-12(14)6-11(10)13/h2-7H,1H3. The van der Waals surface area contributed by atoms with Gasteiger partial charge in [0.25, 0.3) is 0 Å². The molecule has 0 bridgehead atoms. The van der Waals surface area contributed by atoms with Crippen LogP contribution in [0, 0.1) is 6.92 Å². The molecule has 0 saturated heterocycles. The summed E-state index contributed by atoms with van der Waals surface area (Å²) in [6.45, 7) is 2.09. The number of nitrogens with zero attached hydrogens (tertiary/aromatic N) is 1. The van der Waals surface area contributed by atoms with Gasteiger partial charge in [-0.1, -0.05) is 45.8 Å². The molecule has 1 aromatic carbocycles. The zero-order valence-electron chi connectivity index (χ0n) is 8.17. The molecule has 0 atom stereocenters. The molecule has 0 N–H and O–H groups in total. The van der Waals surface area contributed by atoms with Crippen LogP contribution in [0.5, 0.6) is 0 Å². The van der Waals surface area contributed by atoms with Crippen LogP contribution in [0.1, 0.15) is 5.56 Å². The number of benzene rings is 1. The first-order valence-electron chi connectivity index (χ1n) is 4.55. The van der Waals surface area contributed by atoms with E-state index >= 15 is 0 Å². The number of hydrogen-bond donors (Lipinski definition) is 0. The van der Waals surface area contributed by atoms with Crippen LogP contribution in [0.2, 0.25) is 0 Å². The van der Waals surface area contributed by atoms with Crippen molar-refractivity contribution in [3.8, 4) is 11.1 Å². The van der Waals surface area contributed by atoms with Gasteiger partial charge >= 0.3 is 0 Å². The lowest BCUT2D eigenvalue weighted by molar-refractivity contribution is 1.26. The number of halogens is 2. The van der Waals surface area contributed by atoms with Gasteiger partial charge < -0.3 is 0 Å². The van der Waals surface area contributed by atoms with E-state index in [1.54, 1.807) is 0 Å². The molecule has 0 aliphatic carbocycles. The number of pyridine rings is 1. The van der Waals surface area contributed by atoms with E-state index in [1.165, 1.54) is 11.1 Å². The average Bonchev–Trinajstić information content (AvgIpc) is 2.17. The van der Waals surface area contributed by atoms with Gasteiger partial charge in [-0.25, -0.2) is 4.98 Å². The Bertz CT molecular complexity index is 495. The van der Waals surface area contributed by atoms with Crippen molar-refractivity contribution in [3.63, 3.8) is 0 Å². The van der Waals surface area contributed by atoms with Gasteiger partial charge in [0.05, 0.1) is 0 Å². The van der Waals surface area contributed by atoms with Crippen LogP contribution in [0.25, 0.3) is 11.1 Å². The predicted molar refractivity (Wildman–Crippen MR) is 69.8 cm³/mol. The number of aromatic nitrogens is 1. The number of aryl methyl sites for hydroxylation is 1. The van der Waals surface area contributed by atoms with Crippen LogP contribution >= 0.6 is 31.9 Å². The summed E-state index contributed by atoms with van der Waals surface area (Å²) < 4.78 is 1.89.